The van der Waals surface area contributed by atoms with E-state index in [0.717, 1.165) is 0 Å². The highest BCUT2D eigenvalue weighted by molar-refractivity contribution is 9.10. The lowest BCUT2D eigenvalue weighted by molar-refractivity contribution is -0.119. The molecule has 0 saturated heterocycles. The van der Waals surface area contributed by atoms with Crippen LogP contribution in [0.15, 0.2) is 39.8 Å². The van der Waals surface area contributed by atoms with Crippen LogP contribution in [0.5, 0.6) is 5.88 Å². The standard InChI is InChI=1S/C16H16BrN3O4S/c1-16(2)10-8-9(4-5-11(10)18-15(16)21)25(22,23)20-12-6-7-13(17)19-14(12)24-3/h4-8,20H,1-3H3,(H,18,21). The maximum Gasteiger partial charge on any atom is 0.262 e. The second-order valence-electron chi connectivity index (χ2n) is 6.08. The summed E-state index contributed by atoms with van der Waals surface area (Å²) in [5.74, 6) is -0.0138. The Labute approximate surface area is 154 Å². The van der Waals surface area contributed by atoms with Crippen LogP contribution in [0.3, 0.4) is 0 Å². The number of nitrogens with one attached hydrogen (secondary N) is 2. The zero-order valence-corrected chi connectivity index (χ0v) is 16.2. The molecule has 9 heteroatoms. The van der Waals surface area contributed by atoms with E-state index in [4.69, 9.17) is 4.74 Å². The van der Waals surface area contributed by atoms with Crippen molar-refractivity contribution in [1.29, 1.82) is 0 Å². The van der Waals surface area contributed by atoms with Gasteiger partial charge in [0.25, 0.3) is 10.0 Å². The lowest BCUT2D eigenvalue weighted by Gasteiger charge is -2.16. The van der Waals surface area contributed by atoms with Crippen molar-refractivity contribution < 1.29 is 17.9 Å². The van der Waals surface area contributed by atoms with Crippen LogP contribution in [0.2, 0.25) is 0 Å². The van der Waals surface area contributed by atoms with Gasteiger partial charge in [0.2, 0.25) is 11.8 Å². The molecule has 3 rings (SSSR count). The predicted octanol–water partition coefficient (Wildman–Crippen LogP) is 2.88. The van der Waals surface area contributed by atoms with Crippen LogP contribution in [0.25, 0.3) is 0 Å². The Balaban J connectivity index is 2.00. The smallest absolute Gasteiger partial charge is 0.262 e. The zero-order valence-electron chi connectivity index (χ0n) is 13.8. The molecule has 132 valence electrons. The van der Waals surface area contributed by atoms with E-state index in [0.29, 0.717) is 15.9 Å². The van der Waals surface area contributed by atoms with Gasteiger partial charge in [0.15, 0.2) is 0 Å². The molecule has 1 aliphatic heterocycles. The van der Waals surface area contributed by atoms with E-state index in [2.05, 4.69) is 31.0 Å². The van der Waals surface area contributed by atoms with Gasteiger partial charge in [0.1, 0.15) is 10.3 Å². The van der Waals surface area contributed by atoms with Gasteiger partial charge in [-0.25, -0.2) is 13.4 Å². The van der Waals surface area contributed by atoms with Gasteiger partial charge in [-0.3, -0.25) is 9.52 Å². The van der Waals surface area contributed by atoms with Crippen molar-refractivity contribution >= 4 is 43.2 Å². The summed E-state index contributed by atoms with van der Waals surface area (Å²) in [6.45, 7) is 3.50. The summed E-state index contributed by atoms with van der Waals surface area (Å²) < 4.78 is 33.6. The SMILES string of the molecule is COc1nc(Br)ccc1NS(=O)(=O)c1ccc2c(c1)C(C)(C)C(=O)N2. The predicted molar refractivity (Wildman–Crippen MR) is 97.4 cm³/mol. The number of ether oxygens (including phenoxy) is 1. The molecule has 1 aromatic heterocycles. The molecular weight excluding hydrogens is 410 g/mol. The molecule has 0 bridgehead atoms. The molecule has 0 aliphatic carbocycles. The van der Waals surface area contributed by atoms with E-state index >= 15 is 0 Å². The van der Waals surface area contributed by atoms with Gasteiger partial charge < -0.3 is 10.1 Å². The lowest BCUT2D eigenvalue weighted by atomic mass is 9.86. The van der Waals surface area contributed by atoms with E-state index < -0.39 is 15.4 Å². The molecule has 0 radical (unpaired) electrons. The summed E-state index contributed by atoms with van der Waals surface area (Å²) in [5, 5.41) is 2.75. The number of methoxy groups -OCH3 is 1. The number of hydrogen-bond donors (Lipinski definition) is 2. The molecule has 7 nitrogen and oxygen atoms in total. The summed E-state index contributed by atoms with van der Waals surface area (Å²) in [6, 6.07) is 7.70. The number of hydrogen-bond acceptors (Lipinski definition) is 5. The Morgan fingerprint density at radius 3 is 2.64 bits per heavy atom. The number of rotatable bonds is 4. The lowest BCUT2D eigenvalue weighted by Crippen LogP contribution is -2.27. The molecule has 2 aromatic rings. The van der Waals surface area contributed by atoms with Gasteiger partial charge >= 0.3 is 0 Å². The Morgan fingerprint density at radius 2 is 1.96 bits per heavy atom. The average Bonchev–Trinajstić information content (AvgIpc) is 2.78. The van der Waals surface area contributed by atoms with Crippen LogP contribution in [-0.2, 0) is 20.2 Å². The van der Waals surface area contributed by atoms with Crippen molar-refractivity contribution in [2.75, 3.05) is 17.1 Å². The third kappa shape index (κ3) is 3.09. The number of halogens is 1. The fourth-order valence-corrected chi connectivity index (χ4v) is 3.95. The summed E-state index contributed by atoms with van der Waals surface area (Å²) in [5.41, 5.74) is 0.690. The molecular formula is C16H16BrN3O4S. The van der Waals surface area contributed by atoms with E-state index in [1.54, 1.807) is 32.0 Å². The van der Waals surface area contributed by atoms with E-state index in [9.17, 15) is 13.2 Å². The van der Waals surface area contributed by atoms with Gasteiger partial charge in [-0.1, -0.05) is 0 Å². The number of carbonyl (C=O) groups is 1. The highest BCUT2D eigenvalue weighted by Crippen LogP contribution is 2.38. The second-order valence-corrected chi connectivity index (χ2v) is 8.58. The van der Waals surface area contributed by atoms with Crippen molar-refractivity contribution in [3.63, 3.8) is 0 Å². The van der Waals surface area contributed by atoms with Gasteiger partial charge in [-0.2, -0.15) is 0 Å². The fourth-order valence-electron chi connectivity index (χ4n) is 2.57. The number of pyridine rings is 1. The topological polar surface area (TPSA) is 97.4 Å². The molecule has 1 aromatic carbocycles. The number of benzene rings is 1. The summed E-state index contributed by atoms with van der Waals surface area (Å²) in [4.78, 5) is 16.1. The number of sulfonamides is 1. The molecule has 0 unspecified atom stereocenters. The monoisotopic (exact) mass is 425 g/mol. The molecule has 1 amide bonds. The maximum absolute atomic E-state index is 12.7. The van der Waals surface area contributed by atoms with E-state index in [-0.39, 0.29) is 22.4 Å². The fraction of sp³-hybridized carbons (Fsp3) is 0.250. The summed E-state index contributed by atoms with van der Waals surface area (Å²) >= 11 is 3.21. The van der Waals surface area contributed by atoms with Crippen LogP contribution in [0.4, 0.5) is 11.4 Å². The Kier molecular flexibility index (Phi) is 4.24. The number of anilines is 2. The molecule has 25 heavy (non-hydrogen) atoms. The first kappa shape index (κ1) is 17.7. The molecule has 2 heterocycles. The van der Waals surface area contributed by atoms with Crippen LogP contribution in [0, 0.1) is 0 Å². The second kappa shape index (κ2) is 5.99. The van der Waals surface area contributed by atoms with Gasteiger partial charge in [-0.15, -0.1) is 0 Å². The first-order valence-corrected chi connectivity index (χ1v) is 9.62. The third-order valence-corrected chi connectivity index (χ3v) is 5.86. The quantitative estimate of drug-likeness (QED) is 0.733. The van der Waals surface area contributed by atoms with Crippen molar-refractivity contribution in [3.05, 3.63) is 40.5 Å². The van der Waals surface area contributed by atoms with Crippen molar-refractivity contribution in [3.8, 4) is 5.88 Å². The average molecular weight is 426 g/mol. The van der Waals surface area contributed by atoms with Gasteiger partial charge in [0.05, 0.1) is 17.4 Å². The minimum absolute atomic E-state index is 0.0563. The third-order valence-electron chi connectivity index (χ3n) is 4.05. The van der Waals surface area contributed by atoms with Gasteiger partial charge in [0, 0.05) is 5.69 Å². The van der Waals surface area contributed by atoms with Crippen LogP contribution in [-0.4, -0.2) is 26.4 Å². The molecule has 0 spiro atoms. The number of fused-ring (bicyclic) bond motifs is 1. The zero-order chi connectivity index (χ0) is 18.4. The van der Waals surface area contributed by atoms with Crippen molar-refractivity contribution in [1.82, 2.24) is 4.98 Å². The number of carbonyl (C=O) groups excluding carboxylic acids is 1. The molecule has 1 aliphatic rings. The van der Waals surface area contributed by atoms with Gasteiger partial charge in [-0.05, 0) is 65.7 Å². The van der Waals surface area contributed by atoms with Crippen molar-refractivity contribution in [2.24, 2.45) is 0 Å². The Hall–Kier alpha value is -2.13. The number of nitrogens with zero attached hydrogens (tertiary/aromatic N) is 1. The Morgan fingerprint density at radius 1 is 1.24 bits per heavy atom. The van der Waals surface area contributed by atoms with E-state index in [1.807, 2.05) is 0 Å². The largest absolute Gasteiger partial charge is 0.479 e. The Bertz CT molecular complexity index is 973. The first-order chi connectivity index (χ1) is 11.6. The van der Waals surface area contributed by atoms with Crippen LogP contribution in [0.1, 0.15) is 19.4 Å². The molecule has 0 atom stereocenters. The molecule has 0 fully saturated rings. The summed E-state index contributed by atoms with van der Waals surface area (Å²) in [7, 11) is -2.47. The highest BCUT2D eigenvalue weighted by atomic mass is 79.9. The molecule has 2 N–H and O–H groups in total. The normalized spacial score (nSPS) is 15.4. The minimum atomic E-state index is -3.87. The first-order valence-electron chi connectivity index (χ1n) is 7.34. The maximum atomic E-state index is 12.7. The van der Waals surface area contributed by atoms with Crippen LogP contribution >= 0.6 is 15.9 Å². The summed E-state index contributed by atoms with van der Waals surface area (Å²) in [6.07, 6.45) is 0. The number of aromatic nitrogens is 1. The highest BCUT2D eigenvalue weighted by Gasteiger charge is 2.39. The van der Waals surface area contributed by atoms with Crippen LogP contribution < -0.4 is 14.8 Å². The number of amides is 1. The van der Waals surface area contributed by atoms with Crippen molar-refractivity contribution in [2.45, 2.75) is 24.2 Å². The minimum Gasteiger partial charge on any atom is -0.479 e. The molecule has 0 saturated carbocycles. The van der Waals surface area contributed by atoms with E-state index in [1.165, 1.54) is 19.2 Å².